The molecule has 0 aromatic heterocycles. The van der Waals surface area contributed by atoms with E-state index in [4.69, 9.17) is 10.8 Å². The molecule has 0 spiro atoms. The zero-order chi connectivity index (χ0) is 20.3. The van der Waals surface area contributed by atoms with Crippen LogP contribution in [0.25, 0.3) is 0 Å². The van der Waals surface area contributed by atoms with Gasteiger partial charge in [0.25, 0.3) is 0 Å². The highest BCUT2D eigenvalue weighted by atomic mass is 32.2. The molecule has 26 heavy (non-hydrogen) atoms. The third-order valence-corrected chi connectivity index (χ3v) is 4.09. The molecule has 0 radical (unpaired) electrons. The van der Waals surface area contributed by atoms with E-state index in [1.165, 1.54) is 11.8 Å². The minimum atomic E-state index is -1.27. The van der Waals surface area contributed by atoms with Crippen molar-refractivity contribution in [1.29, 1.82) is 0 Å². The molecule has 7 N–H and O–H groups in total. The SMILES string of the molecule is CSCCC(N)C(=O)NC(CO)C(=O)NC(C(=O)NCC(=O)O)C(C)C. The number of aliphatic hydroxyl groups is 1. The molecule has 0 aliphatic rings. The van der Waals surface area contributed by atoms with Gasteiger partial charge in [0.05, 0.1) is 12.6 Å². The second kappa shape index (κ2) is 12.5. The van der Waals surface area contributed by atoms with Crippen molar-refractivity contribution in [2.45, 2.75) is 38.4 Å². The van der Waals surface area contributed by atoms with Crippen molar-refractivity contribution in [3.05, 3.63) is 0 Å². The van der Waals surface area contributed by atoms with Crippen LogP contribution in [0.4, 0.5) is 0 Å². The van der Waals surface area contributed by atoms with E-state index in [9.17, 15) is 24.3 Å². The molecule has 0 saturated carbocycles. The normalized spacial score (nSPS) is 14.2. The fourth-order valence-electron chi connectivity index (χ4n) is 1.91. The maximum absolute atomic E-state index is 12.3. The average Bonchev–Trinajstić information content (AvgIpc) is 2.58. The van der Waals surface area contributed by atoms with Crippen molar-refractivity contribution in [2.75, 3.05) is 25.2 Å². The van der Waals surface area contributed by atoms with Gasteiger partial charge in [-0.2, -0.15) is 11.8 Å². The van der Waals surface area contributed by atoms with Crippen LogP contribution in [0.1, 0.15) is 20.3 Å². The van der Waals surface area contributed by atoms with Crippen LogP contribution in [-0.4, -0.2) is 77.2 Å². The summed E-state index contributed by atoms with van der Waals surface area (Å²) in [4.78, 5) is 46.8. The van der Waals surface area contributed by atoms with Gasteiger partial charge in [-0.1, -0.05) is 13.8 Å². The van der Waals surface area contributed by atoms with Gasteiger partial charge in [-0.15, -0.1) is 0 Å². The summed E-state index contributed by atoms with van der Waals surface area (Å²) in [5.41, 5.74) is 5.71. The van der Waals surface area contributed by atoms with Gasteiger partial charge in [0.1, 0.15) is 18.6 Å². The Balaban J connectivity index is 4.84. The molecule has 0 aromatic rings. The summed E-state index contributed by atoms with van der Waals surface area (Å²) >= 11 is 1.52. The molecule has 0 heterocycles. The van der Waals surface area contributed by atoms with Crippen molar-refractivity contribution >= 4 is 35.5 Å². The van der Waals surface area contributed by atoms with Crippen LogP contribution in [0.5, 0.6) is 0 Å². The lowest BCUT2D eigenvalue weighted by Gasteiger charge is -2.25. The second-order valence-corrected chi connectivity index (χ2v) is 6.96. The lowest BCUT2D eigenvalue weighted by Crippen LogP contribution is -2.58. The summed E-state index contributed by atoms with van der Waals surface area (Å²) in [7, 11) is 0. The molecule has 0 aromatic carbocycles. The van der Waals surface area contributed by atoms with E-state index >= 15 is 0 Å². The van der Waals surface area contributed by atoms with E-state index in [1.807, 2.05) is 6.26 Å². The molecule has 3 unspecified atom stereocenters. The van der Waals surface area contributed by atoms with Gasteiger partial charge in [0, 0.05) is 0 Å². The fourth-order valence-corrected chi connectivity index (χ4v) is 2.40. The summed E-state index contributed by atoms with van der Waals surface area (Å²) in [5, 5.41) is 24.9. The predicted molar refractivity (Wildman–Crippen MR) is 97.4 cm³/mol. The quantitative estimate of drug-likeness (QED) is 0.219. The first kappa shape index (κ1) is 24.1. The molecule has 0 rings (SSSR count). The zero-order valence-corrected chi connectivity index (χ0v) is 16.0. The number of carbonyl (C=O) groups excluding carboxylic acids is 3. The summed E-state index contributed by atoms with van der Waals surface area (Å²) in [6.45, 7) is 2.07. The van der Waals surface area contributed by atoms with Crippen LogP contribution in [0.3, 0.4) is 0 Å². The number of aliphatic hydroxyl groups excluding tert-OH is 1. The fraction of sp³-hybridized carbons (Fsp3) is 0.733. The van der Waals surface area contributed by atoms with E-state index < -0.39 is 55.0 Å². The van der Waals surface area contributed by atoms with E-state index in [2.05, 4.69) is 16.0 Å². The Bertz CT molecular complexity index is 503. The van der Waals surface area contributed by atoms with Gasteiger partial charge in [-0.3, -0.25) is 19.2 Å². The first-order valence-electron chi connectivity index (χ1n) is 8.09. The van der Waals surface area contributed by atoms with Crippen LogP contribution < -0.4 is 21.7 Å². The smallest absolute Gasteiger partial charge is 0.322 e. The van der Waals surface area contributed by atoms with Gasteiger partial charge in [0.2, 0.25) is 17.7 Å². The van der Waals surface area contributed by atoms with Crippen LogP contribution in [-0.2, 0) is 19.2 Å². The molecule has 11 heteroatoms. The predicted octanol–water partition coefficient (Wildman–Crippen LogP) is -2.11. The monoisotopic (exact) mass is 392 g/mol. The molecule has 0 fully saturated rings. The number of nitrogens with one attached hydrogen (secondary N) is 3. The molecule has 150 valence electrons. The largest absolute Gasteiger partial charge is 0.480 e. The Hall–Kier alpha value is -1.85. The van der Waals surface area contributed by atoms with Gasteiger partial charge in [-0.05, 0) is 24.3 Å². The third-order valence-electron chi connectivity index (χ3n) is 3.45. The van der Waals surface area contributed by atoms with Gasteiger partial charge in [-0.25, -0.2) is 0 Å². The average molecular weight is 392 g/mol. The van der Waals surface area contributed by atoms with E-state index in [0.717, 1.165) is 0 Å². The van der Waals surface area contributed by atoms with E-state index in [-0.39, 0.29) is 5.92 Å². The van der Waals surface area contributed by atoms with Crippen molar-refractivity contribution in [3.63, 3.8) is 0 Å². The lowest BCUT2D eigenvalue weighted by atomic mass is 10.0. The molecule has 0 aliphatic heterocycles. The number of carboxylic acids is 1. The highest BCUT2D eigenvalue weighted by Gasteiger charge is 2.29. The molecule has 3 amide bonds. The Morgan fingerprint density at radius 1 is 1.08 bits per heavy atom. The number of carbonyl (C=O) groups is 4. The second-order valence-electron chi connectivity index (χ2n) is 5.97. The van der Waals surface area contributed by atoms with Crippen molar-refractivity contribution < 1.29 is 29.4 Å². The van der Waals surface area contributed by atoms with E-state index in [1.54, 1.807) is 13.8 Å². The number of amides is 3. The Labute approximate surface area is 156 Å². The van der Waals surface area contributed by atoms with E-state index in [0.29, 0.717) is 12.2 Å². The van der Waals surface area contributed by atoms with Crippen LogP contribution in [0.2, 0.25) is 0 Å². The van der Waals surface area contributed by atoms with Gasteiger partial charge < -0.3 is 31.9 Å². The van der Waals surface area contributed by atoms with Crippen LogP contribution in [0.15, 0.2) is 0 Å². The number of rotatable bonds is 12. The highest BCUT2D eigenvalue weighted by molar-refractivity contribution is 7.98. The molecule has 0 saturated heterocycles. The minimum absolute atomic E-state index is 0.341. The molecule has 0 bridgehead atoms. The van der Waals surface area contributed by atoms with Crippen LogP contribution in [0, 0.1) is 5.92 Å². The molecular weight excluding hydrogens is 364 g/mol. The maximum Gasteiger partial charge on any atom is 0.322 e. The number of hydrogen-bond acceptors (Lipinski definition) is 7. The number of nitrogens with two attached hydrogens (primary N) is 1. The van der Waals surface area contributed by atoms with Crippen molar-refractivity contribution in [3.8, 4) is 0 Å². The third kappa shape index (κ3) is 9.02. The summed E-state index contributed by atoms with van der Waals surface area (Å²) in [5.74, 6) is -2.90. The summed E-state index contributed by atoms with van der Waals surface area (Å²) in [6, 6.07) is -3.10. The van der Waals surface area contributed by atoms with Crippen LogP contribution >= 0.6 is 11.8 Å². The Morgan fingerprint density at radius 2 is 1.69 bits per heavy atom. The summed E-state index contributed by atoms with van der Waals surface area (Å²) < 4.78 is 0. The standard InChI is InChI=1S/C15H28N4O6S/c1-8(2)12(15(25)17-6-11(21)22)19-14(24)10(7-20)18-13(23)9(16)4-5-26-3/h8-10,12,20H,4-7,16H2,1-3H3,(H,17,25)(H,18,23)(H,19,24)(H,21,22). The molecule has 10 nitrogen and oxygen atoms in total. The molecule has 0 aliphatic carbocycles. The maximum atomic E-state index is 12.3. The van der Waals surface area contributed by atoms with Crippen molar-refractivity contribution in [2.24, 2.45) is 11.7 Å². The lowest BCUT2D eigenvalue weighted by molar-refractivity contribution is -0.139. The van der Waals surface area contributed by atoms with Gasteiger partial charge in [0.15, 0.2) is 0 Å². The zero-order valence-electron chi connectivity index (χ0n) is 15.2. The highest BCUT2D eigenvalue weighted by Crippen LogP contribution is 2.03. The first-order valence-corrected chi connectivity index (χ1v) is 9.49. The molecule has 3 atom stereocenters. The van der Waals surface area contributed by atoms with Gasteiger partial charge >= 0.3 is 5.97 Å². The first-order chi connectivity index (χ1) is 12.1. The topological polar surface area (TPSA) is 171 Å². The molecular formula is C15H28N4O6S. The number of aliphatic carboxylic acids is 1. The Morgan fingerprint density at radius 3 is 2.15 bits per heavy atom. The minimum Gasteiger partial charge on any atom is -0.480 e. The number of thioether (sulfide) groups is 1. The summed E-state index contributed by atoms with van der Waals surface area (Å²) in [6.07, 6.45) is 2.29. The Kier molecular flexibility index (Phi) is 11.6. The number of hydrogen-bond donors (Lipinski definition) is 6. The van der Waals surface area contributed by atoms with Crippen molar-refractivity contribution in [1.82, 2.24) is 16.0 Å². The number of carboxylic acid groups (broad SMARTS) is 1.